The number of carbonyl (C=O) groups excluding carboxylic acids is 3. The monoisotopic (exact) mass is 695 g/mol. The highest BCUT2D eigenvalue weighted by Crippen LogP contribution is 2.16. The average Bonchev–Trinajstić information content (AvgIpc) is 3.06. The summed E-state index contributed by atoms with van der Waals surface area (Å²) in [4.78, 5) is 37.3. The van der Waals surface area contributed by atoms with Crippen LogP contribution in [0, 0.1) is 11.8 Å². The second kappa shape index (κ2) is 36.2. The summed E-state index contributed by atoms with van der Waals surface area (Å²) in [5.74, 6) is 0.724. The highest BCUT2D eigenvalue weighted by molar-refractivity contribution is 5.71. The number of ether oxygens (including phenoxy) is 3. The van der Waals surface area contributed by atoms with Crippen LogP contribution in [0.1, 0.15) is 227 Å². The number of hydrogen-bond donors (Lipinski definition) is 0. The van der Waals surface area contributed by atoms with Gasteiger partial charge in [-0.2, -0.15) is 0 Å². The predicted octanol–water partition coefficient (Wildman–Crippen LogP) is 13.0. The van der Waals surface area contributed by atoms with Gasteiger partial charge in [-0.15, -0.1) is 0 Å². The summed E-state index contributed by atoms with van der Waals surface area (Å²) in [5.41, 5.74) is 0. The molecule has 0 amide bonds. The van der Waals surface area contributed by atoms with E-state index in [1.54, 1.807) is 0 Å². The highest BCUT2D eigenvalue weighted by atomic mass is 16.6. The van der Waals surface area contributed by atoms with Gasteiger partial charge in [-0.1, -0.05) is 189 Å². The van der Waals surface area contributed by atoms with E-state index in [2.05, 4.69) is 34.6 Å². The fourth-order valence-electron chi connectivity index (χ4n) is 6.22. The number of carbonyl (C=O) groups is 3. The molecule has 0 aliphatic carbocycles. The third kappa shape index (κ3) is 37.5. The molecule has 0 heterocycles. The van der Waals surface area contributed by atoms with E-state index < -0.39 is 6.10 Å². The number of hydrogen-bond acceptors (Lipinski definition) is 6. The van der Waals surface area contributed by atoms with Crippen LogP contribution in [-0.4, -0.2) is 37.2 Å². The highest BCUT2D eigenvalue weighted by Gasteiger charge is 2.19. The van der Waals surface area contributed by atoms with Crippen LogP contribution in [0.2, 0.25) is 0 Å². The van der Waals surface area contributed by atoms with Crippen LogP contribution in [0.25, 0.3) is 0 Å². The molecule has 0 N–H and O–H groups in total. The molecular weight excluding hydrogens is 612 g/mol. The van der Waals surface area contributed by atoms with Gasteiger partial charge >= 0.3 is 17.9 Å². The second-order valence-electron chi connectivity index (χ2n) is 15.6. The van der Waals surface area contributed by atoms with Gasteiger partial charge in [0.25, 0.3) is 0 Å². The van der Waals surface area contributed by atoms with E-state index in [0.717, 1.165) is 76.0 Å². The lowest BCUT2D eigenvalue weighted by molar-refractivity contribution is -0.167. The first kappa shape index (κ1) is 47.4. The normalized spacial score (nSPS) is 12.1. The molecule has 0 bridgehead atoms. The van der Waals surface area contributed by atoms with E-state index in [-0.39, 0.29) is 31.1 Å². The molecule has 0 rings (SSSR count). The van der Waals surface area contributed by atoms with Crippen molar-refractivity contribution < 1.29 is 28.6 Å². The smallest absolute Gasteiger partial charge is 0.306 e. The van der Waals surface area contributed by atoms with Gasteiger partial charge in [-0.3, -0.25) is 14.4 Å². The Balaban J connectivity index is 4.14. The number of esters is 3. The minimum atomic E-state index is -0.758. The third-order valence-electron chi connectivity index (χ3n) is 9.47. The zero-order chi connectivity index (χ0) is 36.2. The van der Waals surface area contributed by atoms with Crippen LogP contribution in [-0.2, 0) is 28.6 Å². The molecule has 1 atom stereocenters. The summed E-state index contributed by atoms with van der Waals surface area (Å²) in [6.45, 7) is 11.2. The van der Waals surface area contributed by atoms with Gasteiger partial charge in [-0.05, 0) is 31.1 Å². The Kier molecular flexibility index (Phi) is 35.0. The fourth-order valence-corrected chi connectivity index (χ4v) is 6.22. The molecule has 290 valence electrons. The van der Waals surface area contributed by atoms with E-state index in [1.165, 1.54) is 109 Å². The van der Waals surface area contributed by atoms with Crippen LogP contribution in [0.4, 0.5) is 0 Å². The van der Waals surface area contributed by atoms with Gasteiger partial charge in [0.1, 0.15) is 13.2 Å². The molecule has 0 saturated heterocycles. The lowest BCUT2D eigenvalue weighted by Crippen LogP contribution is -2.30. The summed E-state index contributed by atoms with van der Waals surface area (Å²) in [6.07, 6.45) is 32.8. The molecule has 0 aliphatic rings. The summed E-state index contributed by atoms with van der Waals surface area (Å²) in [5, 5.41) is 0. The zero-order valence-electron chi connectivity index (χ0n) is 33.3. The number of rotatable bonds is 37. The lowest BCUT2D eigenvalue weighted by Gasteiger charge is -2.18. The Morgan fingerprint density at radius 1 is 0.388 bits per heavy atom. The maximum Gasteiger partial charge on any atom is 0.306 e. The summed E-state index contributed by atoms with van der Waals surface area (Å²) >= 11 is 0. The predicted molar refractivity (Wildman–Crippen MR) is 206 cm³/mol. The van der Waals surface area contributed by atoms with Crippen LogP contribution in [0.5, 0.6) is 0 Å². The second-order valence-corrected chi connectivity index (χ2v) is 15.6. The van der Waals surface area contributed by atoms with Gasteiger partial charge in [0.2, 0.25) is 0 Å². The zero-order valence-corrected chi connectivity index (χ0v) is 33.3. The number of unbranched alkanes of at least 4 members (excludes halogenated alkanes) is 22. The molecule has 6 heteroatoms. The topological polar surface area (TPSA) is 78.9 Å². The Morgan fingerprint density at radius 2 is 0.673 bits per heavy atom. The van der Waals surface area contributed by atoms with Crippen LogP contribution < -0.4 is 0 Å². The van der Waals surface area contributed by atoms with E-state index in [1.807, 2.05) is 0 Å². The average molecular weight is 695 g/mol. The largest absolute Gasteiger partial charge is 0.462 e. The summed E-state index contributed by atoms with van der Waals surface area (Å²) < 4.78 is 16.5. The Labute approximate surface area is 304 Å². The van der Waals surface area contributed by atoms with Gasteiger partial charge in [-0.25, -0.2) is 0 Å². The van der Waals surface area contributed by atoms with E-state index in [0.29, 0.717) is 19.3 Å². The molecule has 6 nitrogen and oxygen atoms in total. The molecule has 0 aromatic heterocycles. The van der Waals surface area contributed by atoms with Gasteiger partial charge in [0, 0.05) is 19.3 Å². The van der Waals surface area contributed by atoms with E-state index in [4.69, 9.17) is 14.2 Å². The van der Waals surface area contributed by atoms with Crippen molar-refractivity contribution >= 4 is 17.9 Å². The van der Waals surface area contributed by atoms with Crippen molar-refractivity contribution in [3.05, 3.63) is 0 Å². The molecule has 0 aromatic carbocycles. The maximum atomic E-state index is 12.6. The molecule has 49 heavy (non-hydrogen) atoms. The Morgan fingerprint density at radius 3 is 1.00 bits per heavy atom. The first-order chi connectivity index (χ1) is 23.7. The summed E-state index contributed by atoms with van der Waals surface area (Å²) in [7, 11) is 0. The van der Waals surface area contributed by atoms with Crippen molar-refractivity contribution in [1.82, 2.24) is 0 Å². The fraction of sp³-hybridized carbons (Fsp3) is 0.930. The van der Waals surface area contributed by atoms with Crippen molar-refractivity contribution in [3.63, 3.8) is 0 Å². The summed E-state index contributed by atoms with van der Waals surface area (Å²) in [6, 6.07) is 0. The van der Waals surface area contributed by atoms with Gasteiger partial charge in [0.15, 0.2) is 6.10 Å². The van der Waals surface area contributed by atoms with Crippen molar-refractivity contribution in [2.75, 3.05) is 13.2 Å². The molecule has 0 spiro atoms. The molecular formula is C43H82O6. The van der Waals surface area contributed by atoms with Crippen molar-refractivity contribution in [3.8, 4) is 0 Å². The van der Waals surface area contributed by atoms with Gasteiger partial charge < -0.3 is 14.2 Å². The van der Waals surface area contributed by atoms with Crippen LogP contribution in [0.3, 0.4) is 0 Å². The van der Waals surface area contributed by atoms with E-state index >= 15 is 0 Å². The quantitative estimate of drug-likeness (QED) is 0.0366. The molecule has 0 fully saturated rings. The first-order valence-electron chi connectivity index (χ1n) is 21.2. The van der Waals surface area contributed by atoms with Crippen molar-refractivity contribution in [1.29, 1.82) is 0 Å². The Hall–Kier alpha value is -1.59. The molecule has 0 aliphatic heterocycles. The maximum absolute atomic E-state index is 12.6. The molecule has 0 unspecified atom stereocenters. The SMILES string of the molecule is CCCCCCCC(=O)OC[C@H](COC(=O)CCCCCCCCCCCCCCCCC(C)C)OC(=O)CCCCCCCCC(C)C. The minimum Gasteiger partial charge on any atom is -0.462 e. The van der Waals surface area contributed by atoms with Gasteiger partial charge in [0.05, 0.1) is 0 Å². The Bertz CT molecular complexity index is 749. The van der Waals surface area contributed by atoms with E-state index in [9.17, 15) is 14.4 Å². The molecule has 0 aromatic rings. The minimum absolute atomic E-state index is 0.0671. The third-order valence-corrected chi connectivity index (χ3v) is 9.47. The standard InChI is InChI=1S/C43H82O6/c1-6-7-8-21-28-33-41(44)47-36-40(49-43(46)35-30-25-20-19-23-27-32-39(4)5)37-48-42(45)34-29-24-18-16-14-12-10-9-11-13-15-17-22-26-31-38(2)3/h38-40H,6-37H2,1-5H3/t40-/m1/s1. The van der Waals surface area contributed by atoms with Crippen LogP contribution >= 0.6 is 0 Å². The van der Waals surface area contributed by atoms with Crippen LogP contribution in [0.15, 0.2) is 0 Å². The van der Waals surface area contributed by atoms with Crippen molar-refractivity contribution in [2.24, 2.45) is 11.8 Å². The lowest BCUT2D eigenvalue weighted by atomic mass is 10.0. The van der Waals surface area contributed by atoms with Crippen molar-refractivity contribution in [2.45, 2.75) is 233 Å². The molecule has 0 radical (unpaired) electrons. The molecule has 0 saturated carbocycles. The first-order valence-corrected chi connectivity index (χ1v) is 21.2.